The molecular formula is C16H26N4O. The van der Waals surface area contributed by atoms with Gasteiger partial charge in [-0.2, -0.15) is 10.4 Å². The smallest absolute Gasteiger partial charge is 0.166 e. The number of nitrogens with zero attached hydrogens (tertiary/aromatic N) is 3. The highest BCUT2D eigenvalue weighted by atomic mass is 16.5. The van der Waals surface area contributed by atoms with Gasteiger partial charge in [-0.1, -0.05) is 27.2 Å². The Morgan fingerprint density at radius 2 is 1.86 bits per heavy atom. The molecule has 1 N–H and O–H groups in total. The molecule has 0 saturated heterocycles. The number of hydrogen-bond acceptors (Lipinski definition) is 5. The van der Waals surface area contributed by atoms with Gasteiger partial charge in [0.2, 0.25) is 0 Å². The second-order valence-corrected chi connectivity index (χ2v) is 4.91. The van der Waals surface area contributed by atoms with Crippen molar-refractivity contribution in [2.24, 2.45) is 0 Å². The minimum absolute atomic E-state index is 0.597. The minimum Gasteiger partial charge on any atom is -0.381 e. The molecule has 0 amide bonds. The van der Waals surface area contributed by atoms with E-state index in [1.54, 1.807) is 0 Å². The highest BCUT2D eigenvalue weighted by molar-refractivity contribution is 5.56. The first-order valence-electron chi connectivity index (χ1n) is 7.88. The molecule has 21 heavy (non-hydrogen) atoms. The van der Waals surface area contributed by atoms with Crippen LogP contribution >= 0.6 is 0 Å². The Kier molecular flexibility index (Phi) is 8.37. The van der Waals surface area contributed by atoms with E-state index in [9.17, 15) is 5.26 Å². The predicted molar refractivity (Wildman–Crippen MR) is 84.3 cm³/mol. The van der Waals surface area contributed by atoms with Gasteiger partial charge in [-0.3, -0.25) is 0 Å². The number of nitriles is 1. The first kappa shape index (κ1) is 17.4. The average molecular weight is 290 g/mol. The van der Waals surface area contributed by atoms with Gasteiger partial charge in [0.1, 0.15) is 11.6 Å². The molecule has 0 radical (unpaired) electrons. The van der Waals surface area contributed by atoms with Gasteiger partial charge in [0.15, 0.2) is 5.82 Å². The molecule has 0 unspecified atom stereocenters. The summed E-state index contributed by atoms with van der Waals surface area (Å²) in [5.74, 6) is 0.597. The SMILES string of the molecule is CCCCOCCCNc1nnc(CC)c(CC)c1C#N. The highest BCUT2D eigenvalue weighted by Crippen LogP contribution is 2.19. The normalized spacial score (nSPS) is 10.4. The Morgan fingerprint density at radius 3 is 2.48 bits per heavy atom. The molecule has 0 spiro atoms. The molecule has 0 bridgehead atoms. The molecule has 0 aromatic carbocycles. The van der Waals surface area contributed by atoms with E-state index in [1.807, 2.05) is 13.8 Å². The molecule has 1 heterocycles. The monoisotopic (exact) mass is 290 g/mol. The number of unbranched alkanes of at least 4 members (excludes halogenated alkanes) is 1. The van der Waals surface area contributed by atoms with Crippen molar-refractivity contribution in [3.8, 4) is 6.07 Å². The van der Waals surface area contributed by atoms with E-state index in [-0.39, 0.29) is 0 Å². The van der Waals surface area contributed by atoms with E-state index in [2.05, 4.69) is 28.5 Å². The van der Waals surface area contributed by atoms with Gasteiger partial charge in [0.05, 0.1) is 5.69 Å². The van der Waals surface area contributed by atoms with Crippen molar-refractivity contribution in [2.45, 2.75) is 52.9 Å². The van der Waals surface area contributed by atoms with Gasteiger partial charge in [-0.15, -0.1) is 5.10 Å². The lowest BCUT2D eigenvalue weighted by Gasteiger charge is -2.12. The standard InChI is InChI=1S/C16H26N4O/c1-4-7-10-21-11-8-9-18-16-14(12-17)13(5-2)15(6-3)19-20-16/h4-11H2,1-3H3,(H,18,20). The van der Waals surface area contributed by atoms with Crippen molar-refractivity contribution in [1.29, 1.82) is 5.26 Å². The summed E-state index contributed by atoms with van der Waals surface area (Å²) in [5, 5.41) is 20.9. The summed E-state index contributed by atoms with van der Waals surface area (Å²) >= 11 is 0. The van der Waals surface area contributed by atoms with E-state index >= 15 is 0 Å². The van der Waals surface area contributed by atoms with Crippen LogP contribution in [0.3, 0.4) is 0 Å². The fraction of sp³-hybridized carbons (Fsp3) is 0.688. The summed E-state index contributed by atoms with van der Waals surface area (Å²) in [5.41, 5.74) is 2.57. The molecular weight excluding hydrogens is 264 g/mol. The van der Waals surface area contributed by atoms with Crippen molar-refractivity contribution in [1.82, 2.24) is 10.2 Å². The minimum atomic E-state index is 0.597. The average Bonchev–Trinajstić information content (AvgIpc) is 2.52. The second kappa shape index (κ2) is 10.1. The number of aromatic nitrogens is 2. The maximum Gasteiger partial charge on any atom is 0.166 e. The van der Waals surface area contributed by atoms with Crippen LogP contribution in [0.4, 0.5) is 5.82 Å². The molecule has 1 aromatic rings. The maximum absolute atomic E-state index is 9.37. The molecule has 0 aliphatic heterocycles. The van der Waals surface area contributed by atoms with Crippen molar-refractivity contribution in [3.05, 3.63) is 16.8 Å². The van der Waals surface area contributed by atoms with Crippen LogP contribution in [0.25, 0.3) is 0 Å². The van der Waals surface area contributed by atoms with Gasteiger partial charge in [0, 0.05) is 19.8 Å². The van der Waals surface area contributed by atoms with E-state index in [0.717, 1.165) is 63.1 Å². The Labute approximate surface area is 127 Å². The number of rotatable bonds is 10. The van der Waals surface area contributed by atoms with Crippen molar-refractivity contribution >= 4 is 5.82 Å². The number of ether oxygens (including phenoxy) is 1. The Bertz CT molecular complexity index is 468. The van der Waals surface area contributed by atoms with Crippen LogP contribution in [0.1, 0.15) is 56.9 Å². The summed E-state index contributed by atoms with van der Waals surface area (Å²) in [6.07, 6.45) is 4.76. The number of nitrogens with one attached hydrogen (secondary N) is 1. The Balaban J connectivity index is 2.54. The molecule has 5 heteroatoms. The van der Waals surface area contributed by atoms with Gasteiger partial charge < -0.3 is 10.1 Å². The molecule has 1 aromatic heterocycles. The lowest BCUT2D eigenvalue weighted by Crippen LogP contribution is -2.12. The topological polar surface area (TPSA) is 70.8 Å². The lowest BCUT2D eigenvalue weighted by atomic mass is 10.0. The lowest BCUT2D eigenvalue weighted by molar-refractivity contribution is 0.131. The first-order chi connectivity index (χ1) is 10.3. The molecule has 5 nitrogen and oxygen atoms in total. The van der Waals surface area contributed by atoms with Crippen LogP contribution in [0.2, 0.25) is 0 Å². The van der Waals surface area contributed by atoms with Crippen LogP contribution in [0, 0.1) is 11.3 Å². The summed E-state index contributed by atoms with van der Waals surface area (Å²) in [7, 11) is 0. The highest BCUT2D eigenvalue weighted by Gasteiger charge is 2.13. The molecule has 0 fully saturated rings. The Hall–Kier alpha value is -1.67. The number of hydrogen-bond donors (Lipinski definition) is 1. The third-order valence-electron chi connectivity index (χ3n) is 3.36. The van der Waals surface area contributed by atoms with Gasteiger partial charge in [-0.05, 0) is 31.2 Å². The first-order valence-corrected chi connectivity index (χ1v) is 7.88. The number of anilines is 1. The molecule has 0 aliphatic rings. The summed E-state index contributed by atoms with van der Waals surface area (Å²) < 4.78 is 5.51. The maximum atomic E-state index is 9.37. The van der Waals surface area contributed by atoms with Gasteiger partial charge in [0.25, 0.3) is 0 Å². The zero-order chi connectivity index (χ0) is 15.5. The molecule has 0 atom stereocenters. The molecule has 1 rings (SSSR count). The van der Waals surface area contributed by atoms with Crippen molar-refractivity contribution in [2.75, 3.05) is 25.1 Å². The van der Waals surface area contributed by atoms with Crippen molar-refractivity contribution in [3.63, 3.8) is 0 Å². The van der Waals surface area contributed by atoms with E-state index < -0.39 is 0 Å². The van der Waals surface area contributed by atoms with Crippen LogP contribution in [0.15, 0.2) is 0 Å². The fourth-order valence-electron chi connectivity index (χ4n) is 2.15. The molecule has 116 valence electrons. The fourth-order valence-corrected chi connectivity index (χ4v) is 2.15. The van der Waals surface area contributed by atoms with Crippen molar-refractivity contribution < 1.29 is 4.74 Å². The zero-order valence-electron chi connectivity index (χ0n) is 13.4. The zero-order valence-corrected chi connectivity index (χ0v) is 13.4. The summed E-state index contributed by atoms with van der Waals surface area (Å²) in [6.45, 7) is 8.52. The van der Waals surface area contributed by atoms with E-state index in [4.69, 9.17) is 4.74 Å². The van der Waals surface area contributed by atoms with Crippen LogP contribution in [-0.2, 0) is 17.6 Å². The summed E-state index contributed by atoms with van der Waals surface area (Å²) in [4.78, 5) is 0. The quantitative estimate of drug-likeness (QED) is 0.670. The predicted octanol–water partition coefficient (Wildman–Crippen LogP) is 3.09. The van der Waals surface area contributed by atoms with Crippen LogP contribution in [-0.4, -0.2) is 30.0 Å². The van der Waals surface area contributed by atoms with Gasteiger partial charge in [-0.25, -0.2) is 0 Å². The third kappa shape index (κ3) is 5.31. The van der Waals surface area contributed by atoms with Gasteiger partial charge >= 0.3 is 0 Å². The van der Waals surface area contributed by atoms with Crippen LogP contribution in [0.5, 0.6) is 0 Å². The number of aryl methyl sites for hydroxylation is 1. The third-order valence-corrected chi connectivity index (χ3v) is 3.36. The largest absolute Gasteiger partial charge is 0.381 e. The Morgan fingerprint density at radius 1 is 1.10 bits per heavy atom. The van der Waals surface area contributed by atoms with Crippen LogP contribution < -0.4 is 5.32 Å². The second-order valence-electron chi connectivity index (χ2n) is 4.91. The van der Waals surface area contributed by atoms with E-state index in [1.165, 1.54) is 0 Å². The van der Waals surface area contributed by atoms with E-state index in [0.29, 0.717) is 11.4 Å². The molecule has 0 aliphatic carbocycles. The summed E-state index contributed by atoms with van der Waals surface area (Å²) in [6, 6.07) is 2.26. The molecule has 0 saturated carbocycles.